The van der Waals surface area contributed by atoms with Crippen molar-refractivity contribution in [1.82, 2.24) is 0 Å². The number of aliphatic hydroxyl groups excluding tert-OH is 1. The van der Waals surface area contributed by atoms with E-state index in [0.29, 0.717) is 18.5 Å². The zero-order valence-corrected chi connectivity index (χ0v) is 6.85. The van der Waals surface area contributed by atoms with Crippen molar-refractivity contribution in [2.24, 2.45) is 0 Å². The van der Waals surface area contributed by atoms with E-state index in [-0.39, 0.29) is 0 Å². The lowest BCUT2D eigenvalue weighted by Crippen LogP contribution is -2.04. The largest absolute Gasteiger partial charge is 0.408 e. The normalized spacial score (nSPS) is 15.1. The lowest BCUT2D eigenvalue weighted by molar-refractivity contribution is 0.251. The Morgan fingerprint density at radius 1 is 1.70 bits per heavy atom. The summed E-state index contributed by atoms with van der Waals surface area (Å²) in [7, 11) is -4.43. The van der Waals surface area contributed by atoms with Crippen molar-refractivity contribution in [1.29, 1.82) is 0 Å². The molecule has 0 fully saturated rings. The first-order valence-electron chi connectivity index (χ1n) is 2.46. The van der Waals surface area contributed by atoms with Gasteiger partial charge in [0.05, 0.1) is 0 Å². The van der Waals surface area contributed by atoms with Crippen molar-refractivity contribution in [3.63, 3.8) is 0 Å². The summed E-state index contributed by atoms with van der Waals surface area (Å²) in [5.41, 5.74) is -0.929. The van der Waals surface area contributed by atoms with Crippen LogP contribution in [0.2, 0.25) is 0 Å². The van der Waals surface area contributed by atoms with Gasteiger partial charge in [-0.05, 0) is 6.42 Å². The molecule has 0 aromatic heterocycles. The van der Waals surface area contributed by atoms with Crippen LogP contribution in [0.3, 0.4) is 0 Å². The lowest BCUT2D eigenvalue weighted by Gasteiger charge is -2.02. The average molecular weight is 188 g/mol. The van der Waals surface area contributed by atoms with Gasteiger partial charge in [0.25, 0.3) is 0 Å². The van der Waals surface area contributed by atoms with Crippen LogP contribution in [0, 0.1) is 0 Å². The van der Waals surface area contributed by atoms with E-state index < -0.39 is 15.8 Å². The van der Waals surface area contributed by atoms with Crippen molar-refractivity contribution in [2.75, 3.05) is 0 Å². The van der Waals surface area contributed by atoms with E-state index >= 15 is 0 Å². The molecule has 62 valence electrons. The standard InChI is InChI=1S/C3H8O5S2/c1-2-3(4)9-8-10(5,6)7/h3-4H,2H2,1H3,(H,5,6,7). The zero-order chi connectivity index (χ0) is 8.20. The maximum atomic E-state index is 9.85. The van der Waals surface area contributed by atoms with Crippen molar-refractivity contribution in [3.8, 4) is 0 Å². The quantitative estimate of drug-likeness (QED) is 0.372. The number of hydrogen-bond donors (Lipinski definition) is 2. The van der Waals surface area contributed by atoms with Gasteiger partial charge in [-0.2, -0.15) is 12.0 Å². The Morgan fingerprint density at radius 3 is 2.50 bits per heavy atom. The number of rotatable bonds is 4. The first-order valence-corrected chi connectivity index (χ1v) is 4.63. The van der Waals surface area contributed by atoms with Crippen LogP contribution >= 0.6 is 12.0 Å². The average Bonchev–Trinajstić information content (AvgIpc) is 1.81. The van der Waals surface area contributed by atoms with E-state index in [4.69, 9.17) is 9.66 Å². The molecule has 0 bridgehead atoms. The Bertz CT molecular complexity index is 173. The fraction of sp³-hybridized carbons (Fsp3) is 1.00. The molecule has 10 heavy (non-hydrogen) atoms. The topological polar surface area (TPSA) is 83.8 Å². The molecule has 5 nitrogen and oxygen atoms in total. The van der Waals surface area contributed by atoms with E-state index in [0.717, 1.165) is 0 Å². The highest BCUT2D eigenvalue weighted by atomic mass is 32.3. The van der Waals surface area contributed by atoms with E-state index in [2.05, 4.69) is 3.63 Å². The SMILES string of the molecule is CCC(O)SOS(=O)(=O)O. The summed E-state index contributed by atoms with van der Waals surface area (Å²) < 4.78 is 31.5. The van der Waals surface area contributed by atoms with Crippen LogP contribution in [-0.4, -0.2) is 23.5 Å². The van der Waals surface area contributed by atoms with Crippen molar-refractivity contribution in [3.05, 3.63) is 0 Å². The Labute approximate surface area is 63.5 Å². The first-order chi connectivity index (χ1) is 4.45. The van der Waals surface area contributed by atoms with Crippen LogP contribution in [0.4, 0.5) is 0 Å². The van der Waals surface area contributed by atoms with E-state index in [1.165, 1.54) is 0 Å². The van der Waals surface area contributed by atoms with Gasteiger partial charge in [0.1, 0.15) is 5.44 Å². The Hall–Kier alpha value is 0.180. The third-order valence-electron chi connectivity index (χ3n) is 0.586. The summed E-state index contributed by atoms with van der Waals surface area (Å²) in [5, 5.41) is 8.68. The summed E-state index contributed by atoms with van der Waals surface area (Å²) in [6.45, 7) is 1.64. The fourth-order valence-electron chi connectivity index (χ4n) is 0.163. The molecule has 1 unspecified atom stereocenters. The second-order valence-electron chi connectivity index (χ2n) is 1.45. The monoisotopic (exact) mass is 188 g/mol. The van der Waals surface area contributed by atoms with Crippen molar-refractivity contribution in [2.45, 2.75) is 18.8 Å². The minimum absolute atomic E-state index is 0.301. The Morgan fingerprint density at radius 2 is 2.20 bits per heavy atom. The summed E-state index contributed by atoms with van der Waals surface area (Å²) in [6, 6.07) is 0. The van der Waals surface area contributed by atoms with Crippen LogP contribution in [0.25, 0.3) is 0 Å². The Balaban J connectivity index is 3.56. The molecular weight excluding hydrogens is 180 g/mol. The summed E-state index contributed by atoms with van der Waals surface area (Å²) in [4.78, 5) is 0. The predicted octanol–water partition coefficient (Wildman–Crippen LogP) is 0.182. The summed E-state index contributed by atoms with van der Waals surface area (Å²) >= 11 is 0.301. The van der Waals surface area contributed by atoms with Crippen LogP contribution in [0.15, 0.2) is 0 Å². The third kappa shape index (κ3) is 6.30. The van der Waals surface area contributed by atoms with Gasteiger partial charge in [0.15, 0.2) is 0 Å². The molecule has 0 saturated carbocycles. The van der Waals surface area contributed by atoms with Gasteiger partial charge < -0.3 is 5.11 Å². The van der Waals surface area contributed by atoms with Crippen molar-refractivity contribution >= 4 is 22.4 Å². The first kappa shape index (κ1) is 10.2. The van der Waals surface area contributed by atoms with Gasteiger partial charge in [-0.25, -0.2) is 0 Å². The summed E-state index contributed by atoms with van der Waals surface area (Å²) in [6.07, 6.45) is 0.347. The predicted molar refractivity (Wildman–Crippen MR) is 36.5 cm³/mol. The second kappa shape index (κ2) is 4.14. The highest BCUT2D eigenvalue weighted by molar-refractivity contribution is 8.03. The van der Waals surface area contributed by atoms with Crippen LogP contribution in [-0.2, 0) is 14.0 Å². The number of hydrogen-bond acceptors (Lipinski definition) is 5. The molecule has 0 heterocycles. The molecule has 0 aromatic rings. The molecule has 2 N–H and O–H groups in total. The zero-order valence-electron chi connectivity index (χ0n) is 5.22. The van der Waals surface area contributed by atoms with Crippen LogP contribution in [0.5, 0.6) is 0 Å². The molecule has 0 saturated heterocycles. The minimum Gasteiger partial charge on any atom is -0.380 e. The molecule has 0 spiro atoms. The maximum Gasteiger partial charge on any atom is 0.408 e. The highest BCUT2D eigenvalue weighted by Crippen LogP contribution is 2.14. The van der Waals surface area contributed by atoms with Gasteiger partial charge >= 0.3 is 10.4 Å². The molecule has 0 aromatic carbocycles. The molecule has 0 aliphatic heterocycles. The molecule has 0 rings (SSSR count). The van der Waals surface area contributed by atoms with E-state index in [1.807, 2.05) is 0 Å². The minimum atomic E-state index is -4.43. The highest BCUT2D eigenvalue weighted by Gasteiger charge is 2.09. The summed E-state index contributed by atoms with van der Waals surface area (Å²) in [5.74, 6) is 0. The molecule has 0 aliphatic carbocycles. The number of aliphatic hydroxyl groups is 1. The van der Waals surface area contributed by atoms with Crippen molar-refractivity contribution < 1.29 is 21.7 Å². The molecule has 0 aliphatic rings. The smallest absolute Gasteiger partial charge is 0.380 e. The maximum absolute atomic E-state index is 9.85. The second-order valence-corrected chi connectivity index (χ2v) is 3.59. The fourth-order valence-corrected chi connectivity index (χ4v) is 1.06. The van der Waals surface area contributed by atoms with E-state index in [9.17, 15) is 8.42 Å². The Kier molecular flexibility index (Phi) is 4.22. The molecule has 7 heteroatoms. The van der Waals surface area contributed by atoms with E-state index in [1.54, 1.807) is 6.92 Å². The molecule has 0 radical (unpaired) electrons. The van der Waals surface area contributed by atoms with Gasteiger partial charge in [0, 0.05) is 12.0 Å². The third-order valence-corrected chi connectivity index (χ3v) is 2.14. The van der Waals surface area contributed by atoms with Crippen LogP contribution in [0.1, 0.15) is 13.3 Å². The lowest BCUT2D eigenvalue weighted by atomic mass is 10.5. The molecular formula is C3H8O5S2. The van der Waals surface area contributed by atoms with Crippen LogP contribution < -0.4 is 0 Å². The molecule has 0 amide bonds. The molecule has 1 atom stereocenters. The van der Waals surface area contributed by atoms with Gasteiger partial charge in [-0.15, -0.1) is 0 Å². The van der Waals surface area contributed by atoms with Gasteiger partial charge in [-0.1, -0.05) is 6.92 Å². The van der Waals surface area contributed by atoms with Gasteiger partial charge in [0.2, 0.25) is 0 Å². The van der Waals surface area contributed by atoms with Gasteiger partial charge in [-0.3, -0.25) is 4.55 Å².